The van der Waals surface area contributed by atoms with Gasteiger partial charge in [0.2, 0.25) is 5.91 Å². The van der Waals surface area contributed by atoms with Crippen LogP contribution in [0.5, 0.6) is 0 Å². The summed E-state index contributed by atoms with van der Waals surface area (Å²) in [6.45, 7) is 4.08. The minimum atomic E-state index is -0.153. The van der Waals surface area contributed by atoms with Gasteiger partial charge in [-0.1, -0.05) is 35.5 Å². The number of nitrogens with one attached hydrogen (secondary N) is 1. The summed E-state index contributed by atoms with van der Waals surface area (Å²) < 4.78 is 10.5. The van der Waals surface area contributed by atoms with Gasteiger partial charge in [-0.25, -0.2) is 0 Å². The largest absolute Gasteiger partial charge is 0.375 e. The highest BCUT2D eigenvalue weighted by Gasteiger charge is 2.15. The van der Waals surface area contributed by atoms with Crippen LogP contribution in [0, 0.1) is 13.8 Å². The molecule has 2 aromatic rings. The van der Waals surface area contributed by atoms with Crippen LogP contribution in [0.3, 0.4) is 0 Å². The third kappa shape index (κ3) is 3.92. The topological polar surface area (TPSA) is 64.4 Å². The van der Waals surface area contributed by atoms with Crippen molar-refractivity contribution in [3.05, 3.63) is 52.9 Å². The number of nitrogens with zero attached hydrogens (tertiary/aromatic N) is 1. The molecular weight excluding hydrogens is 268 g/mol. The first kappa shape index (κ1) is 15.3. The van der Waals surface area contributed by atoms with Gasteiger partial charge >= 0.3 is 0 Å². The molecule has 1 heterocycles. The van der Waals surface area contributed by atoms with E-state index in [-0.39, 0.29) is 18.4 Å². The maximum Gasteiger partial charge on any atom is 0.224 e. The number of carbonyl (C=O) groups excluding carboxylic acids is 1. The first-order chi connectivity index (χ1) is 10.1. The van der Waals surface area contributed by atoms with Crippen LogP contribution in [0.4, 0.5) is 0 Å². The summed E-state index contributed by atoms with van der Waals surface area (Å²) >= 11 is 0. The van der Waals surface area contributed by atoms with Gasteiger partial charge in [0.15, 0.2) is 0 Å². The first-order valence-corrected chi connectivity index (χ1v) is 6.88. The quantitative estimate of drug-likeness (QED) is 0.886. The predicted molar refractivity (Wildman–Crippen MR) is 78.9 cm³/mol. The van der Waals surface area contributed by atoms with E-state index in [1.807, 2.05) is 44.2 Å². The second kappa shape index (κ2) is 7.04. The Morgan fingerprint density at radius 2 is 2.05 bits per heavy atom. The van der Waals surface area contributed by atoms with Crippen LogP contribution < -0.4 is 5.32 Å². The van der Waals surface area contributed by atoms with E-state index in [1.165, 1.54) is 0 Å². The Morgan fingerprint density at radius 1 is 1.33 bits per heavy atom. The summed E-state index contributed by atoms with van der Waals surface area (Å²) in [5.41, 5.74) is 2.65. The van der Waals surface area contributed by atoms with Crippen molar-refractivity contribution in [3.63, 3.8) is 0 Å². The molecule has 0 aliphatic rings. The van der Waals surface area contributed by atoms with E-state index in [2.05, 4.69) is 10.5 Å². The number of ether oxygens (including phenoxy) is 1. The number of hydrogen-bond donors (Lipinski definition) is 1. The molecule has 0 aliphatic carbocycles. The fourth-order valence-electron chi connectivity index (χ4n) is 2.19. The van der Waals surface area contributed by atoms with Crippen molar-refractivity contribution in [2.24, 2.45) is 0 Å². The second-order valence-corrected chi connectivity index (χ2v) is 4.92. The van der Waals surface area contributed by atoms with Crippen LogP contribution in [0.15, 0.2) is 34.9 Å². The van der Waals surface area contributed by atoms with Crippen molar-refractivity contribution in [2.75, 3.05) is 13.7 Å². The van der Waals surface area contributed by atoms with E-state index in [0.717, 1.165) is 16.8 Å². The molecule has 0 unspecified atom stereocenters. The van der Waals surface area contributed by atoms with Crippen LogP contribution >= 0.6 is 0 Å². The second-order valence-electron chi connectivity index (χ2n) is 4.92. The molecule has 5 heteroatoms. The van der Waals surface area contributed by atoms with Crippen molar-refractivity contribution in [3.8, 4) is 0 Å². The molecule has 0 aliphatic heterocycles. The highest BCUT2D eigenvalue weighted by molar-refractivity contribution is 5.79. The Bertz CT molecular complexity index is 573. The van der Waals surface area contributed by atoms with E-state index >= 15 is 0 Å². The van der Waals surface area contributed by atoms with Crippen LogP contribution in [-0.2, 0) is 16.0 Å². The summed E-state index contributed by atoms with van der Waals surface area (Å²) in [6.07, 6.45) is 0.117. The number of methoxy groups -OCH3 is 1. The van der Waals surface area contributed by atoms with Crippen LogP contribution in [0.1, 0.15) is 28.7 Å². The van der Waals surface area contributed by atoms with Crippen LogP contribution in [0.25, 0.3) is 0 Å². The van der Waals surface area contributed by atoms with Crippen molar-refractivity contribution < 1.29 is 14.1 Å². The number of hydrogen-bond acceptors (Lipinski definition) is 4. The minimum absolute atomic E-state index is 0.0672. The van der Waals surface area contributed by atoms with Gasteiger partial charge in [-0.05, 0) is 19.4 Å². The number of carbonyl (C=O) groups is 1. The number of aryl methyl sites for hydroxylation is 2. The van der Waals surface area contributed by atoms with Crippen LogP contribution in [-0.4, -0.2) is 24.7 Å². The summed E-state index contributed by atoms with van der Waals surface area (Å²) in [5.74, 6) is 0.622. The molecule has 21 heavy (non-hydrogen) atoms. The molecule has 1 atom stereocenters. The smallest absolute Gasteiger partial charge is 0.224 e. The summed E-state index contributed by atoms with van der Waals surface area (Å²) in [5, 5.41) is 6.74. The molecular formula is C16H20N2O3. The van der Waals surface area contributed by atoms with Gasteiger partial charge in [0.1, 0.15) is 5.76 Å². The van der Waals surface area contributed by atoms with E-state index in [4.69, 9.17) is 9.26 Å². The Balaban J connectivity index is 1.91. The Hall–Kier alpha value is -2.14. The average molecular weight is 288 g/mol. The summed E-state index contributed by atoms with van der Waals surface area (Å²) in [7, 11) is 1.64. The number of aromatic nitrogens is 1. The zero-order valence-electron chi connectivity index (χ0n) is 12.6. The lowest BCUT2D eigenvalue weighted by Crippen LogP contribution is -2.30. The molecule has 5 nitrogen and oxygen atoms in total. The lowest BCUT2D eigenvalue weighted by Gasteiger charge is -2.16. The highest BCUT2D eigenvalue weighted by atomic mass is 16.5. The zero-order valence-corrected chi connectivity index (χ0v) is 12.6. The zero-order chi connectivity index (χ0) is 15.2. The maximum atomic E-state index is 12.0. The van der Waals surface area contributed by atoms with Crippen molar-refractivity contribution in [1.29, 1.82) is 0 Å². The molecule has 0 saturated heterocycles. The fraction of sp³-hybridized carbons (Fsp3) is 0.375. The Kier molecular flexibility index (Phi) is 5.11. The van der Waals surface area contributed by atoms with Gasteiger partial charge < -0.3 is 14.6 Å². The van der Waals surface area contributed by atoms with Crippen LogP contribution in [0.2, 0.25) is 0 Å². The summed E-state index contributed by atoms with van der Waals surface area (Å²) in [6, 6.07) is 9.82. The Morgan fingerprint density at radius 3 is 2.62 bits per heavy atom. The molecule has 1 aromatic carbocycles. The van der Waals surface area contributed by atoms with Gasteiger partial charge in [-0.2, -0.15) is 0 Å². The molecule has 1 N–H and O–H groups in total. The maximum absolute atomic E-state index is 12.0. The number of rotatable bonds is 6. The van der Waals surface area contributed by atoms with E-state index in [1.54, 1.807) is 7.11 Å². The van der Waals surface area contributed by atoms with E-state index in [0.29, 0.717) is 12.3 Å². The van der Waals surface area contributed by atoms with Gasteiger partial charge in [-0.15, -0.1) is 0 Å². The molecule has 0 saturated carbocycles. The number of benzene rings is 1. The monoisotopic (exact) mass is 288 g/mol. The third-order valence-corrected chi connectivity index (χ3v) is 3.46. The normalized spacial score (nSPS) is 12.1. The molecule has 0 fully saturated rings. The Labute approximate surface area is 124 Å². The van der Waals surface area contributed by atoms with Gasteiger partial charge in [0, 0.05) is 19.2 Å². The van der Waals surface area contributed by atoms with E-state index < -0.39 is 0 Å². The molecule has 1 amide bonds. The molecule has 1 aromatic heterocycles. The van der Waals surface area contributed by atoms with Gasteiger partial charge in [-0.3, -0.25) is 4.79 Å². The van der Waals surface area contributed by atoms with E-state index in [9.17, 15) is 4.79 Å². The predicted octanol–water partition coefficient (Wildman–Crippen LogP) is 2.34. The average Bonchev–Trinajstić information content (AvgIpc) is 2.81. The van der Waals surface area contributed by atoms with Gasteiger partial charge in [0.25, 0.3) is 0 Å². The summed E-state index contributed by atoms with van der Waals surface area (Å²) in [4.78, 5) is 12.0. The molecule has 112 valence electrons. The van der Waals surface area contributed by atoms with Gasteiger partial charge in [0.05, 0.1) is 18.2 Å². The van der Waals surface area contributed by atoms with Crippen molar-refractivity contribution >= 4 is 5.91 Å². The standard InChI is InChI=1S/C16H20N2O3/c1-11-14(12(2)21-18-11)9-16(19)17-10-15(20-3)13-7-5-4-6-8-13/h4-8,15H,9-10H2,1-3H3,(H,17,19)/t15-/m1/s1. The fourth-order valence-corrected chi connectivity index (χ4v) is 2.19. The molecule has 2 rings (SSSR count). The van der Waals surface area contributed by atoms with Crippen molar-refractivity contribution in [2.45, 2.75) is 26.4 Å². The SMILES string of the molecule is CO[C@H](CNC(=O)Cc1c(C)noc1C)c1ccccc1. The lowest BCUT2D eigenvalue weighted by atomic mass is 10.1. The molecule has 0 radical (unpaired) electrons. The van der Waals surface area contributed by atoms with Crippen molar-refractivity contribution in [1.82, 2.24) is 10.5 Å². The molecule has 0 spiro atoms. The minimum Gasteiger partial charge on any atom is -0.375 e. The highest BCUT2D eigenvalue weighted by Crippen LogP contribution is 2.16. The third-order valence-electron chi connectivity index (χ3n) is 3.46. The lowest BCUT2D eigenvalue weighted by molar-refractivity contribution is -0.121. The number of amides is 1. The first-order valence-electron chi connectivity index (χ1n) is 6.88. The molecule has 0 bridgehead atoms.